The molecule has 5 rings (SSSR count). The summed E-state index contributed by atoms with van der Waals surface area (Å²) in [5, 5.41) is 4.88. The minimum atomic E-state index is -4.50. The predicted molar refractivity (Wildman–Crippen MR) is 178 cm³/mol. The first-order valence-electron chi connectivity index (χ1n) is 15.6. The van der Waals surface area contributed by atoms with Gasteiger partial charge in [0.2, 0.25) is 5.88 Å². The maximum Gasteiger partial charge on any atom is 0.397 e. The molecule has 1 aromatic carbocycles. The van der Waals surface area contributed by atoms with Crippen molar-refractivity contribution in [2.45, 2.75) is 51.2 Å². The van der Waals surface area contributed by atoms with Gasteiger partial charge in [0, 0.05) is 55.0 Å². The van der Waals surface area contributed by atoms with E-state index in [1.54, 1.807) is 6.07 Å². The molecule has 16 heteroatoms. The first kappa shape index (κ1) is 36.3. The van der Waals surface area contributed by atoms with Crippen LogP contribution in [-0.4, -0.2) is 70.4 Å². The van der Waals surface area contributed by atoms with E-state index in [9.17, 15) is 13.2 Å². The summed E-state index contributed by atoms with van der Waals surface area (Å²) in [6.45, 7) is 6.22. The monoisotopic (exact) mass is 706 g/mol. The minimum absolute atomic E-state index is 0.0485. The molecule has 1 aliphatic heterocycles. The second-order valence-electron chi connectivity index (χ2n) is 13.2. The van der Waals surface area contributed by atoms with Crippen LogP contribution in [0.2, 0.25) is 0 Å². The summed E-state index contributed by atoms with van der Waals surface area (Å²) in [5.41, 5.74) is 3.44. The molecule has 3 N–H and O–H groups in total. The van der Waals surface area contributed by atoms with Crippen molar-refractivity contribution in [2.24, 2.45) is 16.6 Å². The van der Waals surface area contributed by atoms with Gasteiger partial charge in [-0.25, -0.2) is 19.6 Å². The van der Waals surface area contributed by atoms with Gasteiger partial charge < -0.3 is 24.8 Å². The molecular weight excluding hydrogens is 667 g/mol. The van der Waals surface area contributed by atoms with E-state index in [2.05, 4.69) is 38.5 Å². The number of hydrogen-bond acceptors (Lipinski definition) is 10. The molecule has 0 fully saturated rings. The van der Waals surface area contributed by atoms with E-state index >= 15 is 8.78 Å². The third-order valence-corrected chi connectivity index (χ3v) is 8.67. The van der Waals surface area contributed by atoms with Crippen molar-refractivity contribution in [3.8, 4) is 23.0 Å². The SMILES string of the molecule is CC(C)(CN)CN1CCCOCC(F)(F)c2ccccc2-c2nc(cnc2-n2ccc(OCC(C)(C)C(F)(F)F)n2)NSc2cccc1n2. The highest BCUT2D eigenvalue weighted by molar-refractivity contribution is 8.00. The molecule has 0 atom stereocenters. The van der Waals surface area contributed by atoms with Crippen LogP contribution in [0.1, 0.15) is 39.7 Å². The van der Waals surface area contributed by atoms with Crippen molar-refractivity contribution in [3.05, 3.63) is 66.5 Å². The molecule has 4 aromatic rings. The second-order valence-corrected chi connectivity index (χ2v) is 14.0. The zero-order valence-electron chi connectivity index (χ0n) is 27.6. The van der Waals surface area contributed by atoms with Crippen LogP contribution in [0.5, 0.6) is 5.88 Å². The fourth-order valence-corrected chi connectivity index (χ4v) is 5.45. The predicted octanol–water partition coefficient (Wildman–Crippen LogP) is 7.11. The Morgan fingerprint density at radius 2 is 1.82 bits per heavy atom. The van der Waals surface area contributed by atoms with E-state index in [0.717, 1.165) is 13.8 Å². The first-order chi connectivity index (χ1) is 23.1. The van der Waals surface area contributed by atoms with Gasteiger partial charge in [-0.2, -0.15) is 22.0 Å². The summed E-state index contributed by atoms with van der Waals surface area (Å²) in [7, 11) is 0. The summed E-state index contributed by atoms with van der Waals surface area (Å²) >= 11 is 1.17. The number of ether oxygens (including phenoxy) is 2. The van der Waals surface area contributed by atoms with E-state index in [-0.39, 0.29) is 46.4 Å². The number of pyridine rings is 1. The molecule has 0 saturated heterocycles. The molecule has 0 amide bonds. The lowest BCUT2D eigenvalue weighted by Gasteiger charge is -2.33. The average molecular weight is 707 g/mol. The van der Waals surface area contributed by atoms with Crippen LogP contribution in [0.15, 0.2) is 66.0 Å². The van der Waals surface area contributed by atoms with Crippen molar-refractivity contribution in [2.75, 3.05) is 49.1 Å². The molecular formula is C33H39F5N8O2S. The van der Waals surface area contributed by atoms with Gasteiger partial charge in [-0.05, 0) is 44.4 Å². The van der Waals surface area contributed by atoms with Gasteiger partial charge in [-0.15, -0.1) is 5.10 Å². The maximum absolute atomic E-state index is 15.9. The van der Waals surface area contributed by atoms with Crippen molar-refractivity contribution in [3.63, 3.8) is 0 Å². The Labute approximate surface area is 285 Å². The molecule has 0 spiro atoms. The Morgan fingerprint density at radius 1 is 1.04 bits per heavy atom. The van der Waals surface area contributed by atoms with Gasteiger partial charge in [0.25, 0.3) is 5.92 Å². The van der Waals surface area contributed by atoms with E-state index in [1.807, 2.05) is 18.2 Å². The van der Waals surface area contributed by atoms with Crippen molar-refractivity contribution in [1.82, 2.24) is 24.7 Å². The number of aromatic nitrogens is 5. The van der Waals surface area contributed by atoms with Crippen molar-refractivity contribution >= 4 is 23.6 Å². The van der Waals surface area contributed by atoms with Crippen LogP contribution in [-0.2, 0) is 10.7 Å². The smallest absolute Gasteiger partial charge is 0.397 e. The quantitative estimate of drug-likeness (QED) is 0.152. The van der Waals surface area contributed by atoms with Gasteiger partial charge in [-0.1, -0.05) is 44.2 Å². The Morgan fingerprint density at radius 3 is 2.57 bits per heavy atom. The summed E-state index contributed by atoms with van der Waals surface area (Å²) in [4.78, 5) is 16.1. The maximum atomic E-state index is 15.9. The summed E-state index contributed by atoms with van der Waals surface area (Å²) in [6.07, 6.45) is -1.21. The highest BCUT2D eigenvalue weighted by Crippen LogP contribution is 2.39. The number of nitrogens with zero attached hydrogens (tertiary/aromatic N) is 6. The molecule has 4 bridgehead atoms. The number of nitrogens with one attached hydrogen (secondary N) is 1. The summed E-state index contributed by atoms with van der Waals surface area (Å²) in [5.74, 6) is -2.52. The zero-order chi connectivity index (χ0) is 35.5. The lowest BCUT2D eigenvalue weighted by Crippen LogP contribution is -2.40. The van der Waals surface area contributed by atoms with Crippen molar-refractivity contribution < 1.29 is 31.4 Å². The number of anilines is 2. The fourth-order valence-electron chi connectivity index (χ4n) is 4.86. The molecule has 3 aromatic heterocycles. The van der Waals surface area contributed by atoms with Gasteiger partial charge >= 0.3 is 6.18 Å². The standard InChI is InChI=1S/C33H39F5N8O2S/c1-30(2,18-39)19-45-14-8-16-47-21-32(34,35)23-10-6-5-9-22(23)28-29(40-17-24(41-28)44-49-27-12-7-11-25(45)42-27)46-15-13-26(43-46)48-20-31(3,4)33(36,37)38/h5-7,9-13,15,17H,8,14,16,18-21,39H2,1-4H3,(H,41,44). The lowest BCUT2D eigenvalue weighted by atomic mass is 9.93. The van der Waals surface area contributed by atoms with Crippen LogP contribution in [0.25, 0.3) is 17.1 Å². The van der Waals surface area contributed by atoms with Gasteiger partial charge in [0.1, 0.15) is 29.8 Å². The topological polar surface area (TPSA) is 116 Å². The zero-order valence-corrected chi connectivity index (χ0v) is 28.4. The molecule has 10 nitrogen and oxygen atoms in total. The summed E-state index contributed by atoms with van der Waals surface area (Å²) < 4.78 is 87.3. The van der Waals surface area contributed by atoms with Crippen LogP contribution in [0.4, 0.5) is 33.6 Å². The molecule has 49 heavy (non-hydrogen) atoms. The van der Waals surface area contributed by atoms with Gasteiger partial charge in [0.05, 0.1) is 11.6 Å². The largest absolute Gasteiger partial charge is 0.476 e. The molecule has 0 unspecified atom stereocenters. The van der Waals surface area contributed by atoms with E-state index in [4.69, 9.17) is 20.2 Å². The number of hydrogen-bond donors (Lipinski definition) is 2. The Bertz CT molecular complexity index is 1730. The molecule has 0 saturated carbocycles. The normalized spacial score (nSPS) is 16.0. The fraction of sp³-hybridized carbons (Fsp3) is 0.455. The number of alkyl halides is 5. The number of fused-ring (bicyclic) bond motifs is 6. The molecule has 0 aliphatic carbocycles. The highest BCUT2D eigenvalue weighted by atomic mass is 32.2. The first-order valence-corrected chi connectivity index (χ1v) is 16.4. The van der Waals surface area contributed by atoms with Gasteiger partial charge in [0.15, 0.2) is 11.6 Å². The molecule has 1 aliphatic rings. The Balaban J connectivity index is 1.53. The van der Waals surface area contributed by atoms with E-state index in [1.165, 1.54) is 53.3 Å². The Hall–Kier alpha value is -4.02. The Kier molecular flexibility index (Phi) is 10.7. The third-order valence-electron chi connectivity index (χ3n) is 7.92. The van der Waals surface area contributed by atoms with Crippen molar-refractivity contribution in [1.29, 1.82) is 0 Å². The number of halogens is 5. The molecule has 4 heterocycles. The second kappa shape index (κ2) is 14.5. The van der Waals surface area contributed by atoms with E-state index < -0.39 is 30.7 Å². The number of rotatable bonds is 7. The van der Waals surface area contributed by atoms with E-state index in [0.29, 0.717) is 36.9 Å². The molecule has 0 radical (unpaired) electrons. The van der Waals surface area contributed by atoms with Crippen LogP contribution in [0.3, 0.4) is 0 Å². The minimum Gasteiger partial charge on any atom is -0.476 e. The average Bonchev–Trinajstić information content (AvgIpc) is 3.54. The third kappa shape index (κ3) is 8.78. The number of nitrogens with two attached hydrogens (primary N) is 1. The lowest BCUT2D eigenvalue weighted by molar-refractivity contribution is -0.219. The van der Waals surface area contributed by atoms with Gasteiger partial charge in [-0.3, -0.25) is 0 Å². The number of benzene rings is 1. The molecule has 264 valence electrons. The highest BCUT2D eigenvalue weighted by Gasteiger charge is 2.48. The van der Waals surface area contributed by atoms with Crippen LogP contribution >= 0.6 is 11.9 Å². The van der Waals surface area contributed by atoms with Crippen LogP contribution in [0, 0.1) is 10.8 Å². The van der Waals surface area contributed by atoms with Crippen LogP contribution < -0.4 is 20.1 Å². The summed E-state index contributed by atoms with van der Waals surface area (Å²) in [6, 6.07) is 12.9.